The summed E-state index contributed by atoms with van der Waals surface area (Å²) in [4.78, 5) is 39.0. The number of nitrogens with one attached hydrogen (secondary N) is 2. The van der Waals surface area contributed by atoms with Crippen molar-refractivity contribution >= 4 is 40.7 Å². The monoisotopic (exact) mass is 505 g/mol. The maximum atomic E-state index is 12.6. The minimum absolute atomic E-state index is 0.0943. The molecule has 3 aromatic rings. The molecular weight excluding hydrogens is 478 g/mol. The molecule has 7 nitrogen and oxygen atoms in total. The number of carbonyl (C=O) groups excluding carboxylic acids is 3. The first-order valence-corrected chi connectivity index (χ1v) is 12.2. The molecule has 0 saturated carbocycles. The van der Waals surface area contributed by atoms with Gasteiger partial charge in [0.15, 0.2) is 6.61 Å². The van der Waals surface area contributed by atoms with E-state index in [2.05, 4.69) is 10.6 Å². The lowest BCUT2D eigenvalue weighted by Crippen LogP contribution is -2.34. The Kier molecular flexibility index (Phi) is 8.23. The minimum atomic E-state index is -0.386. The Balaban J connectivity index is 1.25. The van der Waals surface area contributed by atoms with E-state index in [0.29, 0.717) is 35.2 Å². The second-order valence-electron chi connectivity index (χ2n) is 8.68. The fraction of sp³-hybridized carbons (Fsp3) is 0.250. The van der Waals surface area contributed by atoms with Crippen molar-refractivity contribution in [1.82, 2.24) is 5.32 Å². The maximum absolute atomic E-state index is 12.6. The zero-order valence-corrected chi connectivity index (χ0v) is 20.8. The molecule has 1 atom stereocenters. The van der Waals surface area contributed by atoms with Gasteiger partial charge in [-0.1, -0.05) is 48.0 Å². The largest absolute Gasteiger partial charge is 0.484 e. The molecule has 1 saturated heterocycles. The highest BCUT2D eigenvalue weighted by Crippen LogP contribution is 2.27. The molecule has 4 rings (SSSR count). The summed E-state index contributed by atoms with van der Waals surface area (Å²) in [5.41, 5.74) is 3.26. The summed E-state index contributed by atoms with van der Waals surface area (Å²) >= 11 is 6.09. The number of hydrogen-bond acceptors (Lipinski definition) is 4. The average molecular weight is 506 g/mol. The van der Waals surface area contributed by atoms with Crippen molar-refractivity contribution < 1.29 is 19.1 Å². The first-order valence-electron chi connectivity index (χ1n) is 11.8. The van der Waals surface area contributed by atoms with E-state index in [1.54, 1.807) is 47.4 Å². The van der Waals surface area contributed by atoms with Crippen LogP contribution in [0.4, 0.5) is 11.4 Å². The number of nitrogens with zero attached hydrogens (tertiary/aromatic N) is 1. The van der Waals surface area contributed by atoms with Crippen LogP contribution in [0.5, 0.6) is 5.75 Å². The van der Waals surface area contributed by atoms with Gasteiger partial charge >= 0.3 is 0 Å². The van der Waals surface area contributed by atoms with Gasteiger partial charge in [-0.2, -0.15) is 0 Å². The zero-order valence-electron chi connectivity index (χ0n) is 20.0. The normalized spacial score (nSPS) is 15.0. The Labute approximate surface area is 215 Å². The summed E-state index contributed by atoms with van der Waals surface area (Å²) in [5, 5.41) is 6.30. The molecule has 0 spiro atoms. The molecule has 0 bridgehead atoms. The molecule has 0 unspecified atom stereocenters. The van der Waals surface area contributed by atoms with E-state index in [1.165, 1.54) is 0 Å². The number of benzene rings is 3. The molecule has 2 N–H and O–H groups in total. The van der Waals surface area contributed by atoms with Crippen LogP contribution in [0.1, 0.15) is 17.5 Å². The van der Waals surface area contributed by atoms with Crippen LogP contribution in [0, 0.1) is 12.8 Å². The Bertz CT molecular complexity index is 1230. The van der Waals surface area contributed by atoms with Crippen molar-refractivity contribution in [2.45, 2.75) is 19.8 Å². The van der Waals surface area contributed by atoms with Crippen molar-refractivity contribution in [3.05, 3.63) is 88.9 Å². The number of halogens is 1. The summed E-state index contributed by atoms with van der Waals surface area (Å²) in [6.45, 7) is 2.52. The maximum Gasteiger partial charge on any atom is 0.262 e. The number of rotatable bonds is 9. The predicted octanol–water partition coefficient (Wildman–Crippen LogP) is 4.38. The summed E-state index contributed by atoms with van der Waals surface area (Å²) in [6, 6.07) is 22.2. The number of amides is 3. The molecule has 1 aliphatic rings. The van der Waals surface area contributed by atoms with Crippen molar-refractivity contribution in [2.24, 2.45) is 5.92 Å². The van der Waals surface area contributed by atoms with Crippen LogP contribution >= 0.6 is 11.6 Å². The van der Waals surface area contributed by atoms with Gasteiger partial charge in [-0.3, -0.25) is 14.4 Å². The predicted molar refractivity (Wildman–Crippen MR) is 140 cm³/mol. The standard InChI is InChI=1S/C28H28ClN3O4/c1-19-24(29)8-5-9-25(19)31-26(33)18-36-23-12-10-22(11-13-23)32-17-21(16-27(32)34)28(35)30-15-14-20-6-3-2-4-7-20/h2-13,21H,14-18H2,1H3,(H,30,35)(H,31,33)/t21-/m1/s1. The van der Waals surface area contributed by atoms with Crippen LogP contribution in [-0.2, 0) is 20.8 Å². The second kappa shape index (κ2) is 11.7. The summed E-state index contributed by atoms with van der Waals surface area (Å²) < 4.78 is 5.58. The third-order valence-corrected chi connectivity index (χ3v) is 6.52. The van der Waals surface area contributed by atoms with E-state index in [9.17, 15) is 14.4 Å². The first kappa shape index (κ1) is 25.3. The van der Waals surface area contributed by atoms with Crippen molar-refractivity contribution in [3.63, 3.8) is 0 Å². The third-order valence-electron chi connectivity index (χ3n) is 6.11. The van der Waals surface area contributed by atoms with Gasteiger partial charge in [-0.05, 0) is 60.9 Å². The van der Waals surface area contributed by atoms with Crippen LogP contribution < -0.4 is 20.3 Å². The van der Waals surface area contributed by atoms with Gasteiger partial charge in [0.05, 0.1) is 5.92 Å². The number of anilines is 2. The van der Waals surface area contributed by atoms with Crippen LogP contribution in [0.2, 0.25) is 5.02 Å². The van der Waals surface area contributed by atoms with Crippen LogP contribution in [0.15, 0.2) is 72.8 Å². The Morgan fingerprint density at radius 2 is 1.78 bits per heavy atom. The van der Waals surface area contributed by atoms with Gasteiger partial charge in [-0.15, -0.1) is 0 Å². The van der Waals surface area contributed by atoms with Crippen LogP contribution in [0.3, 0.4) is 0 Å². The third kappa shape index (κ3) is 6.43. The molecule has 0 aliphatic carbocycles. The minimum Gasteiger partial charge on any atom is -0.484 e. The summed E-state index contributed by atoms with van der Waals surface area (Å²) in [5.74, 6) is -0.396. The lowest BCUT2D eigenvalue weighted by molar-refractivity contribution is -0.126. The highest BCUT2D eigenvalue weighted by atomic mass is 35.5. The average Bonchev–Trinajstić information content (AvgIpc) is 3.28. The van der Waals surface area contributed by atoms with Gasteiger partial charge in [0.1, 0.15) is 5.75 Å². The summed E-state index contributed by atoms with van der Waals surface area (Å²) in [6.07, 6.45) is 0.924. The number of hydrogen-bond donors (Lipinski definition) is 2. The fourth-order valence-corrected chi connectivity index (χ4v) is 4.23. The van der Waals surface area contributed by atoms with Crippen LogP contribution in [-0.4, -0.2) is 37.4 Å². The molecule has 1 fully saturated rings. The van der Waals surface area contributed by atoms with Gasteiger partial charge < -0.3 is 20.3 Å². The molecule has 8 heteroatoms. The Morgan fingerprint density at radius 1 is 1.03 bits per heavy atom. The quantitative estimate of drug-likeness (QED) is 0.452. The van der Waals surface area contributed by atoms with Gasteiger partial charge in [0, 0.05) is 35.9 Å². The fourth-order valence-electron chi connectivity index (χ4n) is 4.05. The van der Waals surface area contributed by atoms with Crippen molar-refractivity contribution in [3.8, 4) is 5.75 Å². The Morgan fingerprint density at radius 3 is 2.53 bits per heavy atom. The van der Waals surface area contributed by atoms with E-state index in [-0.39, 0.29) is 36.7 Å². The topological polar surface area (TPSA) is 87.7 Å². The molecule has 36 heavy (non-hydrogen) atoms. The number of ether oxygens (including phenoxy) is 1. The molecule has 0 aromatic heterocycles. The van der Waals surface area contributed by atoms with Crippen LogP contribution in [0.25, 0.3) is 0 Å². The van der Waals surface area contributed by atoms with E-state index >= 15 is 0 Å². The molecule has 1 heterocycles. The SMILES string of the molecule is Cc1c(Cl)cccc1NC(=O)COc1ccc(N2C[C@H](C(=O)NCCc3ccccc3)CC2=O)cc1. The van der Waals surface area contributed by atoms with Gasteiger partial charge in [0.25, 0.3) is 5.91 Å². The van der Waals surface area contributed by atoms with E-state index in [4.69, 9.17) is 16.3 Å². The molecule has 3 aromatic carbocycles. The second-order valence-corrected chi connectivity index (χ2v) is 9.08. The first-order chi connectivity index (χ1) is 17.4. The molecule has 3 amide bonds. The van der Waals surface area contributed by atoms with Crippen molar-refractivity contribution in [1.29, 1.82) is 0 Å². The lowest BCUT2D eigenvalue weighted by Gasteiger charge is -2.17. The molecule has 0 radical (unpaired) electrons. The summed E-state index contributed by atoms with van der Waals surface area (Å²) in [7, 11) is 0. The highest BCUT2D eigenvalue weighted by molar-refractivity contribution is 6.31. The van der Waals surface area contributed by atoms with Crippen molar-refractivity contribution in [2.75, 3.05) is 29.9 Å². The lowest BCUT2D eigenvalue weighted by atomic mass is 10.1. The Hall–Kier alpha value is -3.84. The zero-order chi connectivity index (χ0) is 25.5. The smallest absolute Gasteiger partial charge is 0.262 e. The van der Waals surface area contributed by atoms with E-state index < -0.39 is 0 Å². The molecule has 186 valence electrons. The van der Waals surface area contributed by atoms with E-state index in [0.717, 1.165) is 17.5 Å². The number of carbonyl (C=O) groups is 3. The van der Waals surface area contributed by atoms with Gasteiger partial charge in [0.2, 0.25) is 11.8 Å². The van der Waals surface area contributed by atoms with E-state index in [1.807, 2.05) is 37.3 Å². The van der Waals surface area contributed by atoms with Gasteiger partial charge in [-0.25, -0.2) is 0 Å². The molecular formula is C28H28ClN3O4. The molecule has 1 aliphatic heterocycles. The highest BCUT2D eigenvalue weighted by Gasteiger charge is 2.34.